The van der Waals surface area contributed by atoms with E-state index in [1.165, 1.54) is 0 Å². The van der Waals surface area contributed by atoms with Crippen LogP contribution in [-0.4, -0.2) is 47.9 Å². The molecule has 0 aromatic heterocycles. The van der Waals surface area contributed by atoms with Crippen molar-refractivity contribution in [1.29, 1.82) is 0 Å². The van der Waals surface area contributed by atoms with Crippen LogP contribution >= 0.6 is 23.2 Å². The van der Waals surface area contributed by atoms with Gasteiger partial charge in [-0.3, -0.25) is 19.8 Å². The molecule has 1 atom stereocenters. The van der Waals surface area contributed by atoms with Crippen LogP contribution in [0, 0.1) is 0 Å². The lowest BCUT2D eigenvalue weighted by atomic mass is 10.0. The number of nitrogens with zero attached hydrogens (tertiary/aromatic N) is 1. The number of carbonyl (C=O) groups is 3. The number of nitrogens with one attached hydrogen (secondary N) is 3. The molecular weight excluding hydrogens is 391 g/mol. The number of amides is 4. The van der Waals surface area contributed by atoms with Crippen molar-refractivity contribution < 1.29 is 14.4 Å². The van der Waals surface area contributed by atoms with Crippen molar-refractivity contribution >= 4 is 46.7 Å². The lowest BCUT2D eigenvalue weighted by Gasteiger charge is -2.34. The Kier molecular flexibility index (Phi) is 6.57. The molecule has 2 fully saturated rings. The zero-order valence-corrected chi connectivity index (χ0v) is 16.3. The maximum absolute atomic E-state index is 12.7. The van der Waals surface area contributed by atoms with Gasteiger partial charge in [-0.25, -0.2) is 4.79 Å². The van der Waals surface area contributed by atoms with Gasteiger partial charge < -0.3 is 10.6 Å². The molecule has 1 unspecified atom stereocenters. The number of rotatable bonds is 5. The van der Waals surface area contributed by atoms with Gasteiger partial charge >= 0.3 is 6.03 Å². The van der Waals surface area contributed by atoms with Crippen molar-refractivity contribution in [3.63, 3.8) is 0 Å². The highest BCUT2D eigenvalue weighted by atomic mass is 35.5. The summed E-state index contributed by atoms with van der Waals surface area (Å²) in [5.74, 6) is -0.620. The van der Waals surface area contributed by atoms with Crippen molar-refractivity contribution in [1.82, 2.24) is 15.5 Å². The van der Waals surface area contributed by atoms with Crippen LogP contribution in [0.4, 0.5) is 10.5 Å². The maximum Gasteiger partial charge on any atom is 0.321 e. The molecule has 9 heteroatoms. The van der Waals surface area contributed by atoms with Gasteiger partial charge in [-0.15, -0.1) is 0 Å². The highest BCUT2D eigenvalue weighted by Crippen LogP contribution is 2.26. The molecule has 1 aliphatic heterocycles. The SMILES string of the molecule is O=C(CN1CCCCC1C(=O)Nc1ccc(Cl)c(Cl)c1)NC(=O)NC1CC1. The van der Waals surface area contributed by atoms with E-state index in [0.717, 1.165) is 25.7 Å². The van der Waals surface area contributed by atoms with E-state index in [0.29, 0.717) is 28.7 Å². The second-order valence-corrected chi connectivity index (χ2v) is 7.71. The zero-order chi connectivity index (χ0) is 19.4. The first-order valence-corrected chi connectivity index (χ1v) is 9.78. The van der Waals surface area contributed by atoms with Crippen molar-refractivity contribution in [2.24, 2.45) is 0 Å². The Bertz CT molecular complexity index is 739. The maximum atomic E-state index is 12.7. The Morgan fingerprint density at radius 2 is 1.85 bits per heavy atom. The first-order chi connectivity index (χ1) is 12.9. The number of piperidine rings is 1. The molecule has 3 N–H and O–H groups in total. The number of urea groups is 1. The summed E-state index contributed by atoms with van der Waals surface area (Å²) < 4.78 is 0. The molecule has 1 saturated carbocycles. The third-order valence-corrected chi connectivity index (χ3v) is 5.35. The summed E-state index contributed by atoms with van der Waals surface area (Å²) in [4.78, 5) is 38.3. The Morgan fingerprint density at radius 3 is 2.56 bits per heavy atom. The molecular formula is C18H22Cl2N4O3. The van der Waals surface area contributed by atoms with E-state index in [1.807, 2.05) is 0 Å². The minimum Gasteiger partial charge on any atom is -0.335 e. The van der Waals surface area contributed by atoms with Crippen LogP contribution in [0.1, 0.15) is 32.1 Å². The molecule has 1 aliphatic carbocycles. The highest BCUT2D eigenvalue weighted by molar-refractivity contribution is 6.42. The number of carbonyl (C=O) groups excluding carboxylic acids is 3. The second kappa shape index (κ2) is 8.91. The van der Waals surface area contributed by atoms with Crippen molar-refractivity contribution in [2.45, 2.75) is 44.2 Å². The van der Waals surface area contributed by atoms with Crippen LogP contribution in [0.2, 0.25) is 10.0 Å². The smallest absolute Gasteiger partial charge is 0.321 e. The normalized spacial score (nSPS) is 20.0. The molecule has 1 saturated heterocycles. The van der Waals surface area contributed by atoms with E-state index >= 15 is 0 Å². The minimum atomic E-state index is -0.476. The van der Waals surface area contributed by atoms with Crippen molar-refractivity contribution in [3.05, 3.63) is 28.2 Å². The quantitative estimate of drug-likeness (QED) is 0.693. The lowest BCUT2D eigenvalue weighted by Crippen LogP contribution is -2.52. The van der Waals surface area contributed by atoms with E-state index in [2.05, 4.69) is 16.0 Å². The number of halogens is 2. The van der Waals surface area contributed by atoms with E-state index in [4.69, 9.17) is 23.2 Å². The van der Waals surface area contributed by atoms with Gasteiger partial charge in [0, 0.05) is 11.7 Å². The number of anilines is 1. The molecule has 0 spiro atoms. The molecule has 0 bridgehead atoms. The monoisotopic (exact) mass is 412 g/mol. The van der Waals surface area contributed by atoms with Crippen LogP contribution in [0.5, 0.6) is 0 Å². The zero-order valence-electron chi connectivity index (χ0n) is 14.8. The van der Waals surface area contributed by atoms with Gasteiger partial charge in [-0.1, -0.05) is 29.6 Å². The number of likely N-dealkylation sites (tertiary alicyclic amines) is 1. The fourth-order valence-corrected chi connectivity index (χ4v) is 3.37. The summed E-state index contributed by atoms with van der Waals surface area (Å²) >= 11 is 11.9. The van der Waals surface area contributed by atoms with Crippen LogP contribution in [0.25, 0.3) is 0 Å². The fourth-order valence-electron chi connectivity index (χ4n) is 3.08. The number of hydrogen-bond acceptors (Lipinski definition) is 4. The summed E-state index contributed by atoms with van der Waals surface area (Å²) in [5.41, 5.74) is 0.549. The second-order valence-electron chi connectivity index (χ2n) is 6.90. The van der Waals surface area contributed by atoms with Crippen LogP contribution < -0.4 is 16.0 Å². The lowest BCUT2D eigenvalue weighted by molar-refractivity contribution is -0.126. The molecule has 2 aliphatic rings. The van der Waals surface area contributed by atoms with Crippen molar-refractivity contribution in [3.8, 4) is 0 Å². The summed E-state index contributed by atoms with van der Waals surface area (Å²) in [6, 6.07) is 4.14. The van der Waals surface area contributed by atoms with Gasteiger partial charge in [-0.05, 0) is 50.4 Å². The standard InChI is InChI=1S/C18H22Cl2N4O3/c19-13-7-6-12(9-14(13)20)21-17(26)15-3-1-2-8-24(15)10-16(25)23-18(27)22-11-4-5-11/h6-7,9,11,15H,1-5,8,10H2,(H,21,26)(H2,22,23,25,27). The van der Waals surface area contributed by atoms with Crippen LogP contribution in [0.3, 0.4) is 0 Å². The van der Waals surface area contributed by atoms with E-state index in [1.54, 1.807) is 23.1 Å². The van der Waals surface area contributed by atoms with E-state index in [-0.39, 0.29) is 18.5 Å². The fraction of sp³-hybridized carbons (Fsp3) is 0.500. The molecule has 27 heavy (non-hydrogen) atoms. The first kappa shape index (κ1) is 19.9. The molecule has 7 nitrogen and oxygen atoms in total. The largest absolute Gasteiger partial charge is 0.335 e. The third kappa shape index (κ3) is 5.82. The molecule has 4 amide bonds. The highest BCUT2D eigenvalue weighted by Gasteiger charge is 2.31. The first-order valence-electron chi connectivity index (χ1n) is 9.02. The predicted octanol–water partition coefficient (Wildman–Crippen LogP) is 2.77. The van der Waals surface area contributed by atoms with Crippen LogP contribution in [-0.2, 0) is 9.59 Å². The molecule has 1 aromatic rings. The van der Waals surface area contributed by atoms with Crippen LogP contribution in [0.15, 0.2) is 18.2 Å². The molecule has 146 valence electrons. The summed E-state index contributed by atoms with van der Waals surface area (Å²) in [5, 5.41) is 8.63. The van der Waals surface area contributed by atoms with Crippen molar-refractivity contribution in [2.75, 3.05) is 18.4 Å². The van der Waals surface area contributed by atoms with Gasteiger partial charge in [0.2, 0.25) is 11.8 Å². The van der Waals surface area contributed by atoms with Gasteiger partial charge in [0.25, 0.3) is 0 Å². The van der Waals surface area contributed by atoms with Gasteiger partial charge in [-0.2, -0.15) is 0 Å². The van der Waals surface area contributed by atoms with Gasteiger partial charge in [0.05, 0.1) is 22.6 Å². The van der Waals surface area contributed by atoms with E-state index < -0.39 is 18.0 Å². The Balaban J connectivity index is 1.56. The number of imide groups is 1. The average molecular weight is 413 g/mol. The third-order valence-electron chi connectivity index (χ3n) is 4.62. The molecule has 1 aromatic carbocycles. The molecule has 1 heterocycles. The topological polar surface area (TPSA) is 90.5 Å². The molecule has 3 rings (SSSR count). The van der Waals surface area contributed by atoms with E-state index in [9.17, 15) is 14.4 Å². The Labute approximate surface area is 167 Å². The summed E-state index contributed by atoms with van der Waals surface area (Å²) in [6.07, 6.45) is 4.35. The Morgan fingerprint density at radius 1 is 1.07 bits per heavy atom. The van der Waals surface area contributed by atoms with Gasteiger partial charge in [0.15, 0.2) is 0 Å². The predicted molar refractivity (Wildman–Crippen MR) is 104 cm³/mol. The number of benzene rings is 1. The average Bonchev–Trinajstić information content (AvgIpc) is 3.42. The Hall–Kier alpha value is -1.83. The number of hydrogen-bond donors (Lipinski definition) is 3. The molecule has 0 radical (unpaired) electrons. The van der Waals surface area contributed by atoms with Gasteiger partial charge in [0.1, 0.15) is 0 Å². The summed E-state index contributed by atoms with van der Waals surface area (Å²) in [7, 11) is 0. The minimum absolute atomic E-state index is 0.00243. The summed E-state index contributed by atoms with van der Waals surface area (Å²) in [6.45, 7) is 0.620.